The van der Waals surface area contributed by atoms with Crippen molar-refractivity contribution in [3.05, 3.63) is 46.4 Å². The Morgan fingerprint density at radius 3 is 2.63 bits per heavy atom. The molecule has 0 saturated heterocycles. The molecule has 2 aromatic rings. The van der Waals surface area contributed by atoms with Gasteiger partial charge in [-0.2, -0.15) is 0 Å². The second-order valence-electron chi connectivity index (χ2n) is 3.98. The Morgan fingerprint density at radius 1 is 1.21 bits per heavy atom. The molecule has 100 valence electrons. The van der Waals surface area contributed by atoms with Gasteiger partial charge >= 0.3 is 0 Å². The minimum atomic E-state index is -0.946. The van der Waals surface area contributed by atoms with Crippen LogP contribution in [0.3, 0.4) is 0 Å². The first-order valence-corrected chi connectivity index (χ1v) is 5.88. The van der Waals surface area contributed by atoms with Crippen LogP contribution in [0.2, 0.25) is 5.15 Å². The van der Waals surface area contributed by atoms with Crippen molar-refractivity contribution >= 4 is 11.6 Å². The minimum Gasteiger partial charge on any atom is -0.377 e. The minimum absolute atomic E-state index is 0.0461. The normalized spacial score (nSPS) is 10.8. The van der Waals surface area contributed by atoms with Gasteiger partial charge in [0.2, 0.25) is 0 Å². The van der Waals surface area contributed by atoms with Gasteiger partial charge in [0.15, 0.2) is 17.5 Å². The number of benzene rings is 1. The van der Waals surface area contributed by atoms with E-state index in [0.29, 0.717) is 5.82 Å². The van der Waals surface area contributed by atoms with Crippen LogP contribution in [0.5, 0.6) is 0 Å². The van der Waals surface area contributed by atoms with Gasteiger partial charge in [-0.25, -0.2) is 18.7 Å². The number of nitrogens with zero attached hydrogens (tertiary/aromatic N) is 2. The number of ether oxygens (including phenoxy) is 1. The van der Waals surface area contributed by atoms with Gasteiger partial charge in [0.05, 0.1) is 5.69 Å². The topological polar surface area (TPSA) is 35.0 Å². The Balaban J connectivity index is 2.55. The van der Waals surface area contributed by atoms with Crippen LogP contribution in [0.4, 0.5) is 8.78 Å². The molecule has 0 fully saturated rings. The molecule has 0 aliphatic carbocycles. The van der Waals surface area contributed by atoms with Crippen molar-refractivity contribution in [1.82, 2.24) is 9.97 Å². The van der Waals surface area contributed by atoms with Crippen LogP contribution in [0, 0.1) is 18.6 Å². The monoisotopic (exact) mass is 284 g/mol. The number of halogens is 3. The summed E-state index contributed by atoms with van der Waals surface area (Å²) in [5, 5.41) is 0.150. The van der Waals surface area contributed by atoms with Gasteiger partial charge < -0.3 is 4.74 Å². The van der Waals surface area contributed by atoms with Crippen LogP contribution in [-0.4, -0.2) is 17.1 Å². The zero-order valence-corrected chi connectivity index (χ0v) is 11.1. The Hall–Kier alpha value is -1.59. The van der Waals surface area contributed by atoms with Crippen molar-refractivity contribution < 1.29 is 13.5 Å². The lowest BCUT2D eigenvalue weighted by molar-refractivity contribution is 0.178. The summed E-state index contributed by atoms with van der Waals surface area (Å²) in [6.07, 6.45) is 0. The lowest BCUT2D eigenvalue weighted by Crippen LogP contribution is -2.01. The van der Waals surface area contributed by atoms with E-state index in [2.05, 4.69) is 9.97 Å². The molecule has 0 aliphatic heterocycles. The molecule has 6 heteroatoms. The summed E-state index contributed by atoms with van der Waals surface area (Å²) >= 11 is 5.84. The van der Waals surface area contributed by atoms with Gasteiger partial charge in [-0.3, -0.25) is 0 Å². The van der Waals surface area contributed by atoms with Crippen molar-refractivity contribution in [3.8, 4) is 11.3 Å². The van der Waals surface area contributed by atoms with Crippen LogP contribution >= 0.6 is 11.6 Å². The van der Waals surface area contributed by atoms with E-state index >= 15 is 0 Å². The SMILES string of the molecule is COCc1nc(Cl)cc(-c2ccc(C)c(F)c2F)n1. The molecule has 1 aromatic heterocycles. The van der Waals surface area contributed by atoms with E-state index in [-0.39, 0.29) is 28.6 Å². The number of rotatable bonds is 3. The zero-order valence-electron chi connectivity index (χ0n) is 10.4. The van der Waals surface area contributed by atoms with E-state index in [1.807, 2.05) is 0 Å². The van der Waals surface area contributed by atoms with E-state index in [9.17, 15) is 8.78 Å². The molecule has 0 amide bonds. The predicted molar refractivity (Wildman–Crippen MR) is 67.8 cm³/mol. The molecule has 0 spiro atoms. The summed E-state index contributed by atoms with van der Waals surface area (Å²) in [4.78, 5) is 8.03. The molecule has 1 heterocycles. The van der Waals surface area contributed by atoms with Crippen LogP contribution in [0.1, 0.15) is 11.4 Å². The molecule has 1 aromatic carbocycles. The first-order chi connectivity index (χ1) is 9.02. The van der Waals surface area contributed by atoms with E-state index in [4.69, 9.17) is 16.3 Å². The highest BCUT2D eigenvalue weighted by Crippen LogP contribution is 2.26. The molecule has 19 heavy (non-hydrogen) atoms. The first-order valence-electron chi connectivity index (χ1n) is 5.50. The maximum Gasteiger partial charge on any atom is 0.168 e. The van der Waals surface area contributed by atoms with Crippen LogP contribution < -0.4 is 0 Å². The average molecular weight is 285 g/mol. The van der Waals surface area contributed by atoms with Crippen molar-refractivity contribution in [3.63, 3.8) is 0 Å². The predicted octanol–water partition coefficient (Wildman–Crippen LogP) is 3.53. The highest BCUT2D eigenvalue weighted by molar-refractivity contribution is 6.29. The van der Waals surface area contributed by atoms with Gasteiger partial charge in [0.1, 0.15) is 11.8 Å². The summed E-state index contributed by atoms with van der Waals surface area (Å²) in [5.74, 6) is -1.52. The fourth-order valence-corrected chi connectivity index (χ4v) is 1.84. The summed E-state index contributed by atoms with van der Waals surface area (Å²) in [6, 6.07) is 4.33. The van der Waals surface area contributed by atoms with E-state index < -0.39 is 11.6 Å². The van der Waals surface area contributed by atoms with Gasteiger partial charge in [-0.15, -0.1) is 0 Å². The van der Waals surface area contributed by atoms with Gasteiger partial charge in [0, 0.05) is 18.7 Å². The Labute approximate surface area is 114 Å². The van der Waals surface area contributed by atoms with E-state index in [0.717, 1.165) is 0 Å². The number of hydrogen-bond donors (Lipinski definition) is 0. The highest BCUT2D eigenvalue weighted by Gasteiger charge is 2.15. The van der Waals surface area contributed by atoms with Crippen molar-refractivity contribution in [1.29, 1.82) is 0 Å². The summed E-state index contributed by atoms with van der Waals surface area (Å²) in [6.45, 7) is 1.63. The molecule has 0 N–H and O–H groups in total. The quantitative estimate of drug-likeness (QED) is 0.809. The Bertz CT molecular complexity index is 620. The van der Waals surface area contributed by atoms with E-state index in [1.54, 1.807) is 0 Å². The summed E-state index contributed by atoms with van der Waals surface area (Å²) in [5.41, 5.74) is 0.506. The third-order valence-electron chi connectivity index (χ3n) is 2.57. The molecular formula is C13H11ClF2N2O. The Morgan fingerprint density at radius 2 is 1.95 bits per heavy atom. The van der Waals surface area contributed by atoms with Crippen LogP contribution in [0.15, 0.2) is 18.2 Å². The maximum absolute atomic E-state index is 13.9. The summed E-state index contributed by atoms with van der Waals surface area (Å²) in [7, 11) is 1.48. The maximum atomic E-state index is 13.9. The number of methoxy groups -OCH3 is 1. The second-order valence-corrected chi connectivity index (χ2v) is 4.37. The van der Waals surface area contributed by atoms with Crippen molar-refractivity contribution in [2.24, 2.45) is 0 Å². The number of hydrogen-bond acceptors (Lipinski definition) is 3. The van der Waals surface area contributed by atoms with Crippen molar-refractivity contribution in [2.45, 2.75) is 13.5 Å². The molecular weight excluding hydrogens is 274 g/mol. The fourth-order valence-electron chi connectivity index (χ4n) is 1.64. The molecule has 0 radical (unpaired) electrons. The first kappa shape index (κ1) is 13.8. The van der Waals surface area contributed by atoms with Gasteiger partial charge in [-0.05, 0) is 18.6 Å². The van der Waals surface area contributed by atoms with Crippen LogP contribution in [0.25, 0.3) is 11.3 Å². The second kappa shape index (κ2) is 5.59. The molecule has 0 saturated carbocycles. The third-order valence-corrected chi connectivity index (χ3v) is 2.76. The molecule has 0 bridgehead atoms. The lowest BCUT2D eigenvalue weighted by Gasteiger charge is -2.07. The largest absolute Gasteiger partial charge is 0.377 e. The van der Waals surface area contributed by atoms with Crippen LogP contribution in [-0.2, 0) is 11.3 Å². The van der Waals surface area contributed by atoms with Crippen molar-refractivity contribution in [2.75, 3.05) is 7.11 Å². The third kappa shape index (κ3) is 2.88. The Kier molecular flexibility index (Phi) is 4.07. The number of aryl methyl sites for hydroxylation is 1. The lowest BCUT2D eigenvalue weighted by atomic mass is 10.1. The molecule has 3 nitrogen and oxygen atoms in total. The smallest absolute Gasteiger partial charge is 0.168 e. The molecule has 0 unspecified atom stereocenters. The molecule has 2 rings (SSSR count). The van der Waals surface area contributed by atoms with E-state index in [1.165, 1.54) is 32.2 Å². The van der Waals surface area contributed by atoms with Gasteiger partial charge in [-0.1, -0.05) is 17.7 Å². The summed E-state index contributed by atoms with van der Waals surface area (Å²) < 4.78 is 32.3. The molecule has 0 atom stereocenters. The highest BCUT2D eigenvalue weighted by atomic mass is 35.5. The molecule has 0 aliphatic rings. The number of aromatic nitrogens is 2. The average Bonchev–Trinajstić information content (AvgIpc) is 2.36. The standard InChI is InChI=1S/C13H11ClF2N2O/c1-7-3-4-8(13(16)12(7)15)9-5-10(14)18-11(17-9)6-19-2/h3-5H,6H2,1-2H3. The zero-order chi connectivity index (χ0) is 14.0. The van der Waals surface area contributed by atoms with Gasteiger partial charge in [0.25, 0.3) is 0 Å². The fraction of sp³-hybridized carbons (Fsp3) is 0.231.